The average molecular weight is 415 g/mol. The maximum Gasteiger partial charge on any atom is 0.248 e. The number of aromatic nitrogens is 3. The third-order valence-corrected chi connectivity index (χ3v) is 5.04. The van der Waals surface area contributed by atoms with Crippen LogP contribution in [0.15, 0.2) is 18.2 Å². The molecule has 0 radical (unpaired) electrons. The SMILES string of the molecule is COc1ccc(CCc2nc(NC(=O)C3CC(=O)N(CC(C)C)C3)n[nH]2)cc1OC. The van der Waals surface area contributed by atoms with Gasteiger partial charge < -0.3 is 14.4 Å². The van der Waals surface area contributed by atoms with Gasteiger partial charge in [0, 0.05) is 25.9 Å². The Morgan fingerprint density at radius 2 is 2.03 bits per heavy atom. The summed E-state index contributed by atoms with van der Waals surface area (Å²) in [7, 11) is 3.21. The molecule has 0 aliphatic carbocycles. The van der Waals surface area contributed by atoms with Gasteiger partial charge in [0.05, 0.1) is 20.1 Å². The van der Waals surface area contributed by atoms with Crippen molar-refractivity contribution in [3.05, 3.63) is 29.6 Å². The number of amides is 2. The molecule has 1 aromatic carbocycles. The first-order chi connectivity index (χ1) is 14.4. The molecule has 1 unspecified atom stereocenters. The summed E-state index contributed by atoms with van der Waals surface area (Å²) in [6.45, 7) is 5.22. The third-order valence-electron chi connectivity index (χ3n) is 5.04. The largest absolute Gasteiger partial charge is 0.493 e. The number of hydrogen-bond donors (Lipinski definition) is 2. The van der Waals surface area contributed by atoms with Gasteiger partial charge in [-0.1, -0.05) is 19.9 Å². The molecule has 1 saturated heterocycles. The van der Waals surface area contributed by atoms with Gasteiger partial charge in [0.2, 0.25) is 17.8 Å². The highest BCUT2D eigenvalue weighted by Crippen LogP contribution is 2.28. The van der Waals surface area contributed by atoms with Crippen LogP contribution < -0.4 is 14.8 Å². The minimum Gasteiger partial charge on any atom is -0.493 e. The summed E-state index contributed by atoms with van der Waals surface area (Å²) >= 11 is 0. The fraction of sp³-hybridized carbons (Fsp3) is 0.524. The number of carbonyl (C=O) groups excluding carboxylic acids is 2. The number of hydrogen-bond acceptors (Lipinski definition) is 6. The van der Waals surface area contributed by atoms with Crippen LogP contribution in [0.4, 0.5) is 5.95 Å². The van der Waals surface area contributed by atoms with Crippen molar-refractivity contribution in [2.75, 3.05) is 32.6 Å². The molecule has 2 amide bonds. The number of carbonyl (C=O) groups is 2. The predicted octanol–water partition coefficient (Wildman–Crippen LogP) is 2.05. The van der Waals surface area contributed by atoms with E-state index >= 15 is 0 Å². The Hall–Kier alpha value is -3.10. The van der Waals surface area contributed by atoms with Gasteiger partial charge in [0.1, 0.15) is 5.82 Å². The number of nitrogens with one attached hydrogen (secondary N) is 2. The monoisotopic (exact) mass is 415 g/mol. The molecule has 0 spiro atoms. The first-order valence-electron chi connectivity index (χ1n) is 10.1. The molecular weight excluding hydrogens is 386 g/mol. The molecule has 2 aromatic rings. The van der Waals surface area contributed by atoms with Crippen LogP contribution in [0.25, 0.3) is 0 Å². The second-order valence-corrected chi connectivity index (χ2v) is 7.88. The molecule has 30 heavy (non-hydrogen) atoms. The first-order valence-corrected chi connectivity index (χ1v) is 10.1. The van der Waals surface area contributed by atoms with E-state index in [9.17, 15) is 9.59 Å². The molecule has 3 rings (SSSR count). The molecule has 0 bridgehead atoms. The fourth-order valence-corrected chi connectivity index (χ4v) is 3.54. The van der Waals surface area contributed by atoms with Crippen LogP contribution in [0.3, 0.4) is 0 Å². The molecule has 1 fully saturated rings. The Morgan fingerprint density at radius 1 is 1.27 bits per heavy atom. The second-order valence-electron chi connectivity index (χ2n) is 7.88. The van der Waals surface area contributed by atoms with Gasteiger partial charge in [0.15, 0.2) is 11.5 Å². The molecule has 1 aliphatic heterocycles. The summed E-state index contributed by atoms with van der Waals surface area (Å²) < 4.78 is 10.6. The Bertz CT molecular complexity index is 895. The van der Waals surface area contributed by atoms with Crippen molar-refractivity contribution in [1.82, 2.24) is 20.1 Å². The number of rotatable bonds is 9. The zero-order chi connectivity index (χ0) is 21.7. The van der Waals surface area contributed by atoms with Gasteiger partial charge in [-0.2, -0.15) is 4.98 Å². The number of methoxy groups -OCH3 is 2. The number of ether oxygens (including phenoxy) is 2. The molecule has 1 aliphatic rings. The van der Waals surface area contributed by atoms with Crippen LogP contribution in [-0.2, 0) is 22.4 Å². The van der Waals surface area contributed by atoms with E-state index in [-0.39, 0.29) is 30.1 Å². The molecule has 1 atom stereocenters. The van der Waals surface area contributed by atoms with Crippen molar-refractivity contribution >= 4 is 17.8 Å². The third kappa shape index (κ3) is 5.28. The Labute approximate surface area is 176 Å². The topological polar surface area (TPSA) is 109 Å². The molecule has 9 nitrogen and oxygen atoms in total. The maximum atomic E-state index is 12.5. The normalized spacial score (nSPS) is 16.2. The zero-order valence-electron chi connectivity index (χ0n) is 17.9. The van der Waals surface area contributed by atoms with E-state index < -0.39 is 0 Å². The van der Waals surface area contributed by atoms with Crippen LogP contribution in [0, 0.1) is 11.8 Å². The van der Waals surface area contributed by atoms with Crippen molar-refractivity contribution in [2.24, 2.45) is 11.8 Å². The second kappa shape index (κ2) is 9.60. The first kappa shape index (κ1) is 21.6. The van der Waals surface area contributed by atoms with Gasteiger partial charge >= 0.3 is 0 Å². The quantitative estimate of drug-likeness (QED) is 0.649. The van der Waals surface area contributed by atoms with Gasteiger partial charge in [-0.05, 0) is 30.0 Å². The zero-order valence-corrected chi connectivity index (χ0v) is 17.9. The number of H-pyrrole nitrogens is 1. The Morgan fingerprint density at radius 3 is 2.73 bits per heavy atom. The summed E-state index contributed by atoms with van der Waals surface area (Å²) in [6.07, 6.45) is 1.59. The number of benzene rings is 1. The summed E-state index contributed by atoms with van der Waals surface area (Å²) in [5.74, 6) is 2.07. The minimum absolute atomic E-state index is 0.0226. The smallest absolute Gasteiger partial charge is 0.248 e. The molecule has 2 N–H and O–H groups in total. The summed E-state index contributed by atoms with van der Waals surface area (Å²) in [6, 6.07) is 5.77. The Kier molecular flexibility index (Phi) is 6.91. The van der Waals surface area contributed by atoms with E-state index in [1.165, 1.54) is 0 Å². The van der Waals surface area contributed by atoms with Crippen molar-refractivity contribution in [3.63, 3.8) is 0 Å². The molecule has 162 valence electrons. The summed E-state index contributed by atoms with van der Waals surface area (Å²) in [4.78, 5) is 30.7. The fourth-order valence-electron chi connectivity index (χ4n) is 3.54. The van der Waals surface area contributed by atoms with Crippen molar-refractivity contribution in [3.8, 4) is 11.5 Å². The van der Waals surface area contributed by atoms with Crippen molar-refractivity contribution in [1.29, 1.82) is 0 Å². The number of likely N-dealkylation sites (tertiary alicyclic amines) is 1. The lowest BCUT2D eigenvalue weighted by atomic mass is 10.1. The van der Waals surface area contributed by atoms with Gasteiger partial charge in [-0.25, -0.2) is 0 Å². The van der Waals surface area contributed by atoms with Crippen LogP contribution in [0.1, 0.15) is 31.7 Å². The van der Waals surface area contributed by atoms with E-state index in [0.29, 0.717) is 42.8 Å². The number of aryl methyl sites for hydroxylation is 2. The van der Waals surface area contributed by atoms with E-state index in [1.54, 1.807) is 19.1 Å². The number of aromatic amines is 1. The molecular formula is C21H29N5O4. The highest BCUT2D eigenvalue weighted by molar-refractivity contribution is 5.96. The van der Waals surface area contributed by atoms with Gasteiger partial charge in [-0.3, -0.25) is 20.0 Å². The van der Waals surface area contributed by atoms with E-state index in [4.69, 9.17) is 9.47 Å². The Balaban J connectivity index is 1.53. The van der Waals surface area contributed by atoms with Gasteiger partial charge in [0.25, 0.3) is 0 Å². The van der Waals surface area contributed by atoms with Crippen LogP contribution in [0.2, 0.25) is 0 Å². The summed E-state index contributed by atoms with van der Waals surface area (Å²) in [5, 5.41) is 9.66. The minimum atomic E-state index is -0.370. The standard InChI is InChI=1S/C21H29N5O4/c1-13(2)11-26-12-15(10-19(26)27)20(28)23-21-22-18(24-25-21)8-6-14-5-7-16(29-3)17(9-14)30-4/h5,7,9,13,15H,6,8,10-12H2,1-4H3,(H2,22,23,24,25,28). The lowest BCUT2D eigenvalue weighted by molar-refractivity contribution is -0.128. The molecule has 1 aromatic heterocycles. The van der Waals surface area contributed by atoms with E-state index in [2.05, 4.69) is 34.3 Å². The summed E-state index contributed by atoms with van der Waals surface area (Å²) in [5.41, 5.74) is 1.07. The van der Waals surface area contributed by atoms with Crippen molar-refractivity contribution in [2.45, 2.75) is 33.1 Å². The van der Waals surface area contributed by atoms with Crippen molar-refractivity contribution < 1.29 is 19.1 Å². The highest BCUT2D eigenvalue weighted by atomic mass is 16.5. The maximum absolute atomic E-state index is 12.5. The molecule has 2 heterocycles. The number of anilines is 1. The van der Waals surface area contributed by atoms with Gasteiger partial charge in [-0.15, -0.1) is 5.10 Å². The van der Waals surface area contributed by atoms with E-state index in [1.807, 2.05) is 18.2 Å². The van der Waals surface area contributed by atoms with Crippen LogP contribution in [0.5, 0.6) is 11.5 Å². The predicted molar refractivity (Wildman–Crippen MR) is 111 cm³/mol. The lowest BCUT2D eigenvalue weighted by Crippen LogP contribution is -2.31. The van der Waals surface area contributed by atoms with Crippen LogP contribution >= 0.6 is 0 Å². The number of nitrogens with zero attached hydrogens (tertiary/aromatic N) is 3. The molecule has 9 heteroatoms. The van der Waals surface area contributed by atoms with Crippen LogP contribution in [-0.4, -0.2) is 59.2 Å². The molecule has 0 saturated carbocycles. The highest BCUT2D eigenvalue weighted by Gasteiger charge is 2.34. The average Bonchev–Trinajstić information content (AvgIpc) is 3.32. The van der Waals surface area contributed by atoms with E-state index in [0.717, 1.165) is 12.0 Å². The lowest BCUT2D eigenvalue weighted by Gasteiger charge is -2.18.